The molecule has 0 aliphatic heterocycles. The van der Waals surface area contributed by atoms with Crippen LogP contribution in [0.4, 0.5) is 0 Å². The molecule has 234 valence electrons. The summed E-state index contributed by atoms with van der Waals surface area (Å²) in [6.07, 6.45) is 33.3. The fourth-order valence-electron chi connectivity index (χ4n) is 4.68. The second-order valence-corrected chi connectivity index (χ2v) is 11.3. The number of rotatable bonds is 30. The molecule has 40 heavy (non-hydrogen) atoms. The van der Waals surface area contributed by atoms with Gasteiger partial charge in [0.2, 0.25) is 0 Å². The summed E-state index contributed by atoms with van der Waals surface area (Å²) in [5, 5.41) is 10.2. The van der Waals surface area contributed by atoms with Crippen molar-refractivity contribution in [2.24, 2.45) is 0 Å². The van der Waals surface area contributed by atoms with Crippen molar-refractivity contribution >= 4 is 11.9 Å². The molecule has 0 radical (unpaired) electrons. The van der Waals surface area contributed by atoms with Gasteiger partial charge in [-0.3, -0.25) is 9.59 Å². The molecule has 0 aromatic rings. The Morgan fingerprint density at radius 2 is 0.900 bits per heavy atom. The Kier molecular flexibility index (Phi) is 30.6. The van der Waals surface area contributed by atoms with E-state index < -0.39 is 0 Å². The van der Waals surface area contributed by atoms with Gasteiger partial charge < -0.3 is 14.6 Å². The fourth-order valence-corrected chi connectivity index (χ4v) is 4.68. The molecule has 5 heteroatoms. The summed E-state index contributed by atoms with van der Waals surface area (Å²) in [4.78, 5) is 23.7. The molecule has 0 bridgehead atoms. The lowest BCUT2D eigenvalue weighted by atomic mass is 10.0. The predicted octanol–water partition coefficient (Wildman–Crippen LogP) is 9.95. The molecular weight excluding hydrogens is 500 g/mol. The average molecular weight is 565 g/mol. The Balaban J connectivity index is 3.45. The van der Waals surface area contributed by atoms with E-state index in [0.717, 1.165) is 64.2 Å². The van der Waals surface area contributed by atoms with Crippen LogP contribution in [0.25, 0.3) is 0 Å². The molecule has 0 saturated carbocycles. The van der Waals surface area contributed by atoms with Crippen LogP contribution in [-0.4, -0.2) is 36.4 Å². The number of aliphatic hydroxyl groups excluding tert-OH is 1. The minimum Gasteiger partial charge on any atom is -0.461 e. The molecule has 0 unspecified atom stereocenters. The van der Waals surface area contributed by atoms with Gasteiger partial charge in [0.05, 0.1) is 6.10 Å². The van der Waals surface area contributed by atoms with Crippen molar-refractivity contribution in [3.63, 3.8) is 0 Å². The van der Waals surface area contributed by atoms with Crippen molar-refractivity contribution in [1.29, 1.82) is 0 Å². The predicted molar refractivity (Wildman–Crippen MR) is 168 cm³/mol. The van der Waals surface area contributed by atoms with Gasteiger partial charge >= 0.3 is 11.9 Å². The summed E-state index contributed by atoms with van der Waals surface area (Å²) in [6, 6.07) is 0. The lowest BCUT2D eigenvalue weighted by molar-refractivity contribution is -0.143. The minimum atomic E-state index is -0.299. The van der Waals surface area contributed by atoms with Crippen molar-refractivity contribution in [2.75, 3.05) is 13.2 Å². The van der Waals surface area contributed by atoms with Crippen LogP contribution in [0.2, 0.25) is 0 Å². The quantitative estimate of drug-likeness (QED) is 0.0534. The SMILES string of the molecule is CCCCCCCCC=CCOC(=O)CCCCCC(O)CCCCCC(=O)OCC=CCCCCCCCC. The van der Waals surface area contributed by atoms with E-state index in [2.05, 4.69) is 26.0 Å². The standard InChI is InChI=1S/C35H64O5/c1-3-5-7-9-11-13-15-17-25-31-39-34(37)29-23-19-21-27-33(36)28-22-20-24-30-35(38)40-32-26-18-16-14-12-10-8-6-4-2/h17-18,25-26,33,36H,3-16,19-24,27-32H2,1-2H3. The van der Waals surface area contributed by atoms with Crippen molar-refractivity contribution in [3.8, 4) is 0 Å². The summed E-state index contributed by atoms with van der Waals surface area (Å²) >= 11 is 0. The van der Waals surface area contributed by atoms with Crippen LogP contribution in [0.1, 0.15) is 168 Å². The molecule has 0 rings (SSSR count). The van der Waals surface area contributed by atoms with Crippen molar-refractivity contribution in [2.45, 2.75) is 174 Å². The summed E-state index contributed by atoms with van der Waals surface area (Å²) in [7, 11) is 0. The molecule has 1 N–H and O–H groups in total. The largest absolute Gasteiger partial charge is 0.461 e. The van der Waals surface area contributed by atoms with Crippen molar-refractivity contribution in [3.05, 3.63) is 24.3 Å². The molecule has 0 heterocycles. The van der Waals surface area contributed by atoms with Crippen LogP contribution in [0, 0.1) is 0 Å². The van der Waals surface area contributed by atoms with Crippen LogP contribution < -0.4 is 0 Å². The zero-order chi connectivity index (χ0) is 29.4. The maximum Gasteiger partial charge on any atom is 0.306 e. The number of carbonyl (C=O) groups excluding carboxylic acids is 2. The first-order valence-corrected chi connectivity index (χ1v) is 16.9. The normalized spacial score (nSPS) is 12.4. The van der Waals surface area contributed by atoms with E-state index in [-0.39, 0.29) is 18.0 Å². The number of allylic oxidation sites excluding steroid dienone is 2. The van der Waals surface area contributed by atoms with Crippen LogP contribution in [0.15, 0.2) is 24.3 Å². The van der Waals surface area contributed by atoms with E-state index >= 15 is 0 Å². The number of carbonyl (C=O) groups is 2. The monoisotopic (exact) mass is 564 g/mol. The number of hydrogen-bond acceptors (Lipinski definition) is 5. The number of aliphatic hydroxyl groups is 1. The number of unbranched alkanes of at least 4 members (excludes halogenated alkanes) is 16. The summed E-state index contributed by atoms with van der Waals surface area (Å²) in [5.74, 6) is -0.264. The molecule has 0 aromatic carbocycles. The van der Waals surface area contributed by atoms with Crippen LogP contribution >= 0.6 is 0 Å². The van der Waals surface area contributed by atoms with E-state index in [0.29, 0.717) is 26.1 Å². The fraction of sp³-hybridized carbons (Fsp3) is 0.829. The highest BCUT2D eigenvalue weighted by molar-refractivity contribution is 5.69. The maximum absolute atomic E-state index is 11.8. The smallest absolute Gasteiger partial charge is 0.306 e. The van der Waals surface area contributed by atoms with E-state index in [1.807, 2.05) is 12.2 Å². The Morgan fingerprint density at radius 3 is 1.32 bits per heavy atom. The van der Waals surface area contributed by atoms with Gasteiger partial charge in [0.1, 0.15) is 13.2 Å². The van der Waals surface area contributed by atoms with Crippen LogP contribution in [0.5, 0.6) is 0 Å². The molecule has 0 atom stereocenters. The first-order chi connectivity index (χ1) is 19.6. The van der Waals surface area contributed by atoms with Gasteiger partial charge in [0, 0.05) is 12.8 Å². The van der Waals surface area contributed by atoms with E-state index in [4.69, 9.17) is 9.47 Å². The molecule has 5 nitrogen and oxygen atoms in total. The summed E-state index contributed by atoms with van der Waals surface area (Å²) in [5.41, 5.74) is 0. The first-order valence-electron chi connectivity index (χ1n) is 16.9. The van der Waals surface area contributed by atoms with Gasteiger partial charge in [-0.2, -0.15) is 0 Å². The van der Waals surface area contributed by atoms with Gasteiger partial charge in [-0.1, -0.05) is 128 Å². The molecule has 0 amide bonds. The average Bonchev–Trinajstić information content (AvgIpc) is 2.94. The zero-order valence-electron chi connectivity index (χ0n) is 26.4. The topological polar surface area (TPSA) is 72.8 Å². The molecule has 0 fully saturated rings. The molecule has 0 spiro atoms. The molecule has 0 aromatic heterocycles. The molecule has 0 saturated heterocycles. The van der Waals surface area contributed by atoms with E-state index in [9.17, 15) is 14.7 Å². The van der Waals surface area contributed by atoms with E-state index in [1.54, 1.807) is 0 Å². The first kappa shape index (κ1) is 38.4. The zero-order valence-corrected chi connectivity index (χ0v) is 26.4. The van der Waals surface area contributed by atoms with Crippen LogP contribution in [0.3, 0.4) is 0 Å². The van der Waals surface area contributed by atoms with Gasteiger partial charge in [-0.25, -0.2) is 0 Å². The Bertz CT molecular complexity index is 561. The Labute approximate surface area is 247 Å². The highest BCUT2D eigenvalue weighted by Gasteiger charge is 2.07. The Hall–Kier alpha value is -1.62. The van der Waals surface area contributed by atoms with Gasteiger partial charge in [-0.15, -0.1) is 0 Å². The van der Waals surface area contributed by atoms with Gasteiger partial charge in [0.25, 0.3) is 0 Å². The third-order valence-electron chi connectivity index (χ3n) is 7.30. The minimum absolute atomic E-state index is 0.132. The summed E-state index contributed by atoms with van der Waals surface area (Å²) < 4.78 is 10.5. The van der Waals surface area contributed by atoms with Crippen LogP contribution in [-0.2, 0) is 19.1 Å². The highest BCUT2D eigenvalue weighted by atomic mass is 16.5. The van der Waals surface area contributed by atoms with Gasteiger partial charge in [0.15, 0.2) is 0 Å². The molecular formula is C35H64O5. The van der Waals surface area contributed by atoms with Gasteiger partial charge in [-0.05, 0) is 51.4 Å². The van der Waals surface area contributed by atoms with E-state index in [1.165, 1.54) is 77.0 Å². The van der Waals surface area contributed by atoms with Crippen molar-refractivity contribution < 1.29 is 24.2 Å². The number of esters is 2. The lowest BCUT2D eigenvalue weighted by Gasteiger charge is -2.10. The lowest BCUT2D eigenvalue weighted by Crippen LogP contribution is -2.07. The van der Waals surface area contributed by atoms with Crippen molar-refractivity contribution in [1.82, 2.24) is 0 Å². The molecule has 0 aliphatic carbocycles. The number of hydrogen-bond donors (Lipinski definition) is 1. The Morgan fingerprint density at radius 1 is 0.525 bits per heavy atom. The number of ether oxygens (including phenoxy) is 2. The third-order valence-corrected chi connectivity index (χ3v) is 7.30. The molecule has 0 aliphatic rings. The maximum atomic E-state index is 11.8. The highest BCUT2D eigenvalue weighted by Crippen LogP contribution is 2.13. The summed E-state index contributed by atoms with van der Waals surface area (Å²) in [6.45, 7) is 5.22. The second kappa shape index (κ2) is 31.9. The third kappa shape index (κ3) is 30.9. The second-order valence-electron chi connectivity index (χ2n) is 11.3.